The van der Waals surface area contributed by atoms with Crippen molar-refractivity contribution in [3.63, 3.8) is 0 Å². The molecule has 1 atom stereocenters. The molecule has 2 aromatic rings. The van der Waals surface area contributed by atoms with Gasteiger partial charge in [-0.2, -0.15) is 0 Å². The van der Waals surface area contributed by atoms with Crippen molar-refractivity contribution in [3.8, 4) is 11.4 Å². The highest BCUT2D eigenvalue weighted by atomic mass is 35.5. The Morgan fingerprint density at radius 3 is 2.91 bits per heavy atom. The Morgan fingerprint density at radius 1 is 1.45 bits per heavy atom. The number of nitrogens with two attached hydrogens (primary N) is 1. The number of carboxylic acid groups (broad SMARTS) is 1. The molecule has 1 saturated carbocycles. The maximum Gasteiger partial charge on any atom is 0.337 e. The van der Waals surface area contributed by atoms with E-state index < -0.39 is 5.97 Å². The van der Waals surface area contributed by atoms with Crippen molar-refractivity contribution in [2.24, 2.45) is 11.7 Å². The largest absolute Gasteiger partial charge is 0.478 e. The number of hydrogen-bond donors (Lipinski definition) is 3. The summed E-state index contributed by atoms with van der Waals surface area (Å²) in [4.78, 5) is 23.3. The first-order valence-electron chi connectivity index (χ1n) is 7.31. The van der Waals surface area contributed by atoms with E-state index in [0.29, 0.717) is 35.7 Å². The quantitative estimate of drug-likeness (QED) is 0.753. The molecule has 2 heterocycles. The third kappa shape index (κ3) is 2.02. The highest BCUT2D eigenvalue weighted by Crippen LogP contribution is 2.43. The van der Waals surface area contributed by atoms with Crippen LogP contribution in [0.25, 0.3) is 11.4 Å². The minimum Gasteiger partial charge on any atom is -0.478 e. The SMILES string of the molecule is NC(c1[nH]c2c(c1C(=O)O)CCc1cnc(Cl)nc1-2)C1CC1. The van der Waals surface area contributed by atoms with Crippen molar-refractivity contribution in [2.75, 3.05) is 0 Å². The number of nitrogens with one attached hydrogen (secondary N) is 1. The summed E-state index contributed by atoms with van der Waals surface area (Å²) in [6.07, 6.45) is 5.15. The van der Waals surface area contributed by atoms with Crippen molar-refractivity contribution < 1.29 is 9.90 Å². The molecular formula is C15H15ClN4O2. The van der Waals surface area contributed by atoms with Gasteiger partial charge in [0.15, 0.2) is 0 Å². The molecule has 0 aliphatic heterocycles. The minimum atomic E-state index is -0.938. The van der Waals surface area contributed by atoms with Crippen molar-refractivity contribution in [3.05, 3.63) is 33.9 Å². The summed E-state index contributed by atoms with van der Waals surface area (Å²) in [5, 5.41) is 9.79. The van der Waals surface area contributed by atoms with Gasteiger partial charge in [0.05, 0.1) is 17.0 Å². The van der Waals surface area contributed by atoms with E-state index in [1.165, 1.54) is 0 Å². The van der Waals surface area contributed by atoms with Crippen LogP contribution in [0.15, 0.2) is 6.20 Å². The van der Waals surface area contributed by atoms with E-state index in [2.05, 4.69) is 15.0 Å². The molecule has 4 N–H and O–H groups in total. The standard InChI is InChI=1S/C15H15ClN4O2/c16-15-18-5-7-3-4-8-9(14(21)22)13(10(17)6-1-2-6)19-12(8)11(7)20-15/h5-6,10,19H,1-4,17H2,(H,21,22). The molecule has 4 rings (SSSR count). The highest BCUT2D eigenvalue weighted by Gasteiger charge is 2.36. The van der Waals surface area contributed by atoms with Crippen LogP contribution in [-0.2, 0) is 12.8 Å². The Bertz CT molecular complexity index is 782. The molecule has 1 unspecified atom stereocenters. The number of halogens is 1. The lowest BCUT2D eigenvalue weighted by atomic mass is 9.91. The first-order chi connectivity index (χ1) is 10.6. The zero-order valence-corrected chi connectivity index (χ0v) is 12.5. The van der Waals surface area contributed by atoms with E-state index in [1.807, 2.05) is 0 Å². The predicted molar refractivity (Wildman–Crippen MR) is 80.8 cm³/mol. The van der Waals surface area contributed by atoms with Crippen LogP contribution in [0.4, 0.5) is 0 Å². The van der Waals surface area contributed by atoms with Crippen molar-refractivity contribution in [1.82, 2.24) is 15.0 Å². The topological polar surface area (TPSA) is 105 Å². The fraction of sp³-hybridized carbons (Fsp3) is 0.400. The Kier molecular flexibility index (Phi) is 2.99. The Morgan fingerprint density at radius 2 is 2.23 bits per heavy atom. The Labute approximate surface area is 131 Å². The number of nitrogens with zero attached hydrogens (tertiary/aromatic N) is 2. The summed E-state index contributed by atoms with van der Waals surface area (Å²) in [5.74, 6) is -0.570. The number of H-pyrrole nitrogens is 1. The van der Waals surface area contributed by atoms with Crippen LogP contribution in [0, 0.1) is 5.92 Å². The van der Waals surface area contributed by atoms with Crippen LogP contribution in [0.3, 0.4) is 0 Å². The number of carboxylic acids is 1. The average molecular weight is 319 g/mol. The van der Waals surface area contributed by atoms with Gasteiger partial charge in [0.2, 0.25) is 5.28 Å². The van der Waals surface area contributed by atoms with Crippen LogP contribution < -0.4 is 5.73 Å². The van der Waals surface area contributed by atoms with Gasteiger partial charge in [-0.1, -0.05) is 0 Å². The third-order valence-corrected chi connectivity index (χ3v) is 4.71. The van der Waals surface area contributed by atoms with Gasteiger partial charge in [0.1, 0.15) is 0 Å². The molecule has 0 bridgehead atoms. The molecule has 0 spiro atoms. The normalized spacial score (nSPS) is 17.7. The number of aromatic nitrogens is 3. The Hall–Kier alpha value is -1.92. The summed E-state index contributed by atoms with van der Waals surface area (Å²) >= 11 is 5.90. The number of aromatic amines is 1. The molecular weight excluding hydrogens is 304 g/mol. The molecule has 2 aliphatic carbocycles. The molecule has 0 radical (unpaired) electrons. The maximum atomic E-state index is 11.7. The smallest absolute Gasteiger partial charge is 0.337 e. The molecule has 114 valence electrons. The van der Waals surface area contributed by atoms with Gasteiger partial charge in [0, 0.05) is 17.9 Å². The molecule has 0 aromatic carbocycles. The van der Waals surface area contributed by atoms with Crippen LogP contribution in [0.1, 0.15) is 46.1 Å². The molecule has 22 heavy (non-hydrogen) atoms. The van der Waals surface area contributed by atoms with E-state index >= 15 is 0 Å². The zero-order chi connectivity index (χ0) is 15.4. The van der Waals surface area contributed by atoms with Crippen molar-refractivity contribution in [2.45, 2.75) is 31.7 Å². The van der Waals surface area contributed by atoms with Gasteiger partial charge >= 0.3 is 5.97 Å². The number of aryl methyl sites for hydroxylation is 1. The fourth-order valence-corrected chi connectivity index (χ4v) is 3.38. The first kappa shape index (κ1) is 13.7. The van der Waals surface area contributed by atoms with Gasteiger partial charge in [-0.05, 0) is 54.3 Å². The summed E-state index contributed by atoms with van der Waals surface area (Å²) in [6, 6.07) is -0.266. The van der Waals surface area contributed by atoms with E-state index in [4.69, 9.17) is 17.3 Å². The monoisotopic (exact) mass is 318 g/mol. The zero-order valence-electron chi connectivity index (χ0n) is 11.8. The van der Waals surface area contributed by atoms with E-state index in [1.54, 1.807) is 6.20 Å². The third-order valence-electron chi connectivity index (χ3n) is 4.53. The molecule has 2 aromatic heterocycles. The number of rotatable bonds is 3. The maximum absolute atomic E-state index is 11.7. The lowest BCUT2D eigenvalue weighted by Crippen LogP contribution is -2.17. The summed E-state index contributed by atoms with van der Waals surface area (Å²) in [5.41, 5.74) is 10.4. The van der Waals surface area contributed by atoms with Gasteiger partial charge in [0.25, 0.3) is 0 Å². The highest BCUT2D eigenvalue weighted by molar-refractivity contribution is 6.28. The van der Waals surface area contributed by atoms with E-state index in [-0.39, 0.29) is 11.3 Å². The Balaban J connectivity index is 1.92. The fourth-order valence-electron chi connectivity index (χ4n) is 3.24. The predicted octanol–water partition coefficient (Wildman–Crippen LogP) is 2.33. The second-order valence-electron chi connectivity index (χ2n) is 5.95. The number of hydrogen-bond acceptors (Lipinski definition) is 4. The molecule has 2 aliphatic rings. The average Bonchev–Trinajstić information content (AvgIpc) is 3.25. The van der Waals surface area contributed by atoms with Gasteiger partial charge in [-0.3, -0.25) is 0 Å². The van der Waals surface area contributed by atoms with E-state index in [0.717, 1.165) is 29.7 Å². The second-order valence-corrected chi connectivity index (χ2v) is 6.29. The van der Waals surface area contributed by atoms with Crippen molar-refractivity contribution in [1.29, 1.82) is 0 Å². The lowest BCUT2D eigenvalue weighted by molar-refractivity contribution is 0.0694. The van der Waals surface area contributed by atoms with Gasteiger partial charge in [-0.25, -0.2) is 14.8 Å². The van der Waals surface area contributed by atoms with Crippen LogP contribution in [0.2, 0.25) is 5.28 Å². The molecule has 1 fully saturated rings. The first-order valence-corrected chi connectivity index (χ1v) is 7.69. The molecule has 6 nitrogen and oxygen atoms in total. The molecule has 7 heteroatoms. The summed E-state index contributed by atoms with van der Waals surface area (Å²) in [6.45, 7) is 0. The van der Waals surface area contributed by atoms with Gasteiger partial charge in [-0.15, -0.1) is 0 Å². The molecule has 0 saturated heterocycles. The van der Waals surface area contributed by atoms with E-state index in [9.17, 15) is 9.90 Å². The van der Waals surface area contributed by atoms with Crippen LogP contribution >= 0.6 is 11.6 Å². The number of carbonyl (C=O) groups is 1. The lowest BCUT2D eigenvalue weighted by Gasteiger charge is -2.15. The second kappa shape index (κ2) is 4.79. The van der Waals surface area contributed by atoms with Crippen LogP contribution in [-0.4, -0.2) is 26.0 Å². The number of aromatic carboxylic acids is 1. The van der Waals surface area contributed by atoms with Gasteiger partial charge < -0.3 is 15.8 Å². The van der Waals surface area contributed by atoms with Crippen molar-refractivity contribution >= 4 is 17.6 Å². The summed E-state index contributed by atoms with van der Waals surface area (Å²) in [7, 11) is 0. The minimum absolute atomic E-state index is 0.158. The summed E-state index contributed by atoms with van der Waals surface area (Å²) < 4.78 is 0. The van der Waals surface area contributed by atoms with Crippen LogP contribution in [0.5, 0.6) is 0 Å². The number of fused-ring (bicyclic) bond motifs is 3. The molecule has 0 amide bonds.